The number of rotatable bonds is 2. The summed E-state index contributed by atoms with van der Waals surface area (Å²) >= 11 is 0. The topological polar surface area (TPSA) is 12.5 Å². The van der Waals surface area contributed by atoms with E-state index in [1.165, 1.54) is 16.3 Å². The van der Waals surface area contributed by atoms with Crippen molar-refractivity contribution >= 4 is 22.5 Å². The zero-order valence-corrected chi connectivity index (χ0v) is 12.4. The van der Waals surface area contributed by atoms with Crippen LogP contribution in [0.25, 0.3) is 16.8 Å². The first kappa shape index (κ1) is 13.0. The number of para-hydroxylation sites is 2. The Kier molecular flexibility index (Phi) is 3.08. The molecule has 0 radical (unpaired) electrons. The molecular formula is C20H17NO. The van der Waals surface area contributed by atoms with Crippen molar-refractivity contribution in [2.75, 3.05) is 11.9 Å². The fourth-order valence-electron chi connectivity index (χ4n) is 2.94. The third kappa shape index (κ3) is 2.13. The molecule has 0 bridgehead atoms. The predicted molar refractivity (Wildman–Crippen MR) is 92.2 cm³/mol. The molecule has 4 rings (SSSR count). The summed E-state index contributed by atoms with van der Waals surface area (Å²) in [5.74, 6) is 0.942. The first-order valence-corrected chi connectivity index (χ1v) is 7.47. The van der Waals surface area contributed by atoms with Gasteiger partial charge in [0.2, 0.25) is 0 Å². The molecule has 3 aromatic rings. The van der Waals surface area contributed by atoms with Gasteiger partial charge in [-0.1, -0.05) is 60.7 Å². The van der Waals surface area contributed by atoms with E-state index in [2.05, 4.69) is 72.6 Å². The summed E-state index contributed by atoms with van der Waals surface area (Å²) in [6.07, 6.45) is 4.20. The minimum absolute atomic E-state index is 0.0589. The lowest BCUT2D eigenvalue weighted by Crippen LogP contribution is -2.28. The molecular weight excluding hydrogens is 270 g/mol. The Hall–Kier alpha value is -2.74. The van der Waals surface area contributed by atoms with E-state index < -0.39 is 0 Å². The van der Waals surface area contributed by atoms with Gasteiger partial charge in [-0.25, -0.2) is 0 Å². The van der Waals surface area contributed by atoms with Crippen molar-refractivity contribution in [3.05, 3.63) is 78.4 Å². The van der Waals surface area contributed by atoms with E-state index in [0.717, 1.165) is 11.4 Å². The maximum absolute atomic E-state index is 5.99. The molecule has 108 valence electrons. The molecule has 1 atom stereocenters. The molecule has 2 nitrogen and oxygen atoms in total. The predicted octanol–water partition coefficient (Wildman–Crippen LogP) is 4.71. The molecule has 0 N–H and O–H groups in total. The van der Waals surface area contributed by atoms with Gasteiger partial charge in [0.25, 0.3) is 0 Å². The molecule has 1 aliphatic rings. The highest BCUT2D eigenvalue weighted by Gasteiger charge is 2.24. The van der Waals surface area contributed by atoms with Crippen molar-refractivity contribution < 1.29 is 4.74 Å². The van der Waals surface area contributed by atoms with Crippen LogP contribution in [0.1, 0.15) is 5.56 Å². The van der Waals surface area contributed by atoms with E-state index in [0.29, 0.717) is 0 Å². The summed E-state index contributed by atoms with van der Waals surface area (Å²) in [4.78, 5) is 2.15. The third-order valence-electron chi connectivity index (χ3n) is 4.14. The van der Waals surface area contributed by atoms with Gasteiger partial charge >= 0.3 is 0 Å². The van der Waals surface area contributed by atoms with Crippen LogP contribution in [0, 0.1) is 0 Å². The Morgan fingerprint density at radius 2 is 1.68 bits per heavy atom. The molecule has 22 heavy (non-hydrogen) atoms. The van der Waals surface area contributed by atoms with Crippen LogP contribution in [0.2, 0.25) is 0 Å². The molecule has 3 aromatic carbocycles. The van der Waals surface area contributed by atoms with Crippen molar-refractivity contribution in [3.63, 3.8) is 0 Å². The summed E-state index contributed by atoms with van der Waals surface area (Å²) in [6, 6.07) is 23.0. The second kappa shape index (κ2) is 5.23. The monoisotopic (exact) mass is 287 g/mol. The third-order valence-corrected chi connectivity index (χ3v) is 4.14. The molecule has 0 aliphatic carbocycles. The molecule has 1 heterocycles. The highest BCUT2D eigenvalue weighted by molar-refractivity contribution is 5.90. The molecule has 0 saturated heterocycles. The second-order valence-electron chi connectivity index (χ2n) is 5.51. The minimum atomic E-state index is -0.0589. The minimum Gasteiger partial charge on any atom is -0.465 e. The van der Waals surface area contributed by atoms with Crippen molar-refractivity contribution in [3.8, 4) is 5.75 Å². The number of ether oxygens (including phenoxy) is 1. The lowest BCUT2D eigenvalue weighted by molar-refractivity contribution is 0.280. The summed E-state index contributed by atoms with van der Waals surface area (Å²) in [7, 11) is 2.06. The van der Waals surface area contributed by atoms with Gasteiger partial charge in [-0.2, -0.15) is 0 Å². The smallest absolute Gasteiger partial charge is 0.192 e. The van der Waals surface area contributed by atoms with Crippen molar-refractivity contribution in [2.45, 2.75) is 6.23 Å². The fraction of sp³-hybridized carbons (Fsp3) is 0.100. The number of nitrogens with zero attached hydrogens (tertiary/aromatic N) is 1. The van der Waals surface area contributed by atoms with Gasteiger partial charge in [0.15, 0.2) is 6.23 Å². The number of hydrogen-bond donors (Lipinski definition) is 0. The Bertz CT molecular complexity index is 848. The second-order valence-corrected chi connectivity index (χ2v) is 5.51. The zero-order valence-electron chi connectivity index (χ0n) is 12.4. The maximum Gasteiger partial charge on any atom is 0.192 e. The fourth-order valence-corrected chi connectivity index (χ4v) is 2.94. The maximum atomic E-state index is 5.99. The van der Waals surface area contributed by atoms with Gasteiger partial charge in [0.05, 0.1) is 5.69 Å². The van der Waals surface area contributed by atoms with Gasteiger partial charge in [-0.3, -0.25) is 0 Å². The van der Waals surface area contributed by atoms with Crippen molar-refractivity contribution in [1.82, 2.24) is 0 Å². The van der Waals surface area contributed by atoms with Crippen LogP contribution in [0.5, 0.6) is 5.75 Å². The molecule has 0 spiro atoms. The van der Waals surface area contributed by atoms with E-state index >= 15 is 0 Å². The molecule has 1 unspecified atom stereocenters. The molecule has 0 saturated carbocycles. The van der Waals surface area contributed by atoms with Crippen LogP contribution >= 0.6 is 0 Å². The van der Waals surface area contributed by atoms with Crippen LogP contribution in [-0.4, -0.2) is 13.3 Å². The first-order chi connectivity index (χ1) is 10.8. The SMILES string of the molecule is CN1c2ccccc2OC1C=Cc1cccc2ccccc12. The van der Waals surface area contributed by atoms with E-state index in [4.69, 9.17) is 4.74 Å². The van der Waals surface area contributed by atoms with E-state index in [1.807, 2.05) is 18.2 Å². The van der Waals surface area contributed by atoms with Crippen LogP contribution in [0.4, 0.5) is 5.69 Å². The standard InChI is InChI=1S/C20H17NO/c1-21-18-11-4-5-12-19(18)22-20(21)14-13-16-9-6-8-15-7-2-3-10-17(15)16/h2-14,20H,1H3. The number of benzene rings is 3. The van der Waals surface area contributed by atoms with Gasteiger partial charge in [-0.05, 0) is 34.5 Å². The lowest BCUT2D eigenvalue weighted by Gasteiger charge is -2.16. The highest BCUT2D eigenvalue weighted by atomic mass is 16.5. The Morgan fingerprint density at radius 3 is 2.59 bits per heavy atom. The van der Waals surface area contributed by atoms with Gasteiger partial charge in [-0.15, -0.1) is 0 Å². The van der Waals surface area contributed by atoms with Crippen molar-refractivity contribution in [2.24, 2.45) is 0 Å². The van der Waals surface area contributed by atoms with Gasteiger partial charge < -0.3 is 9.64 Å². The van der Waals surface area contributed by atoms with E-state index in [9.17, 15) is 0 Å². The van der Waals surface area contributed by atoms with Crippen LogP contribution in [0.3, 0.4) is 0 Å². The molecule has 0 amide bonds. The number of hydrogen-bond acceptors (Lipinski definition) is 2. The number of anilines is 1. The summed E-state index contributed by atoms with van der Waals surface area (Å²) < 4.78 is 5.99. The number of fused-ring (bicyclic) bond motifs is 2. The molecule has 0 aromatic heterocycles. The first-order valence-electron chi connectivity index (χ1n) is 7.47. The largest absolute Gasteiger partial charge is 0.465 e. The zero-order chi connectivity index (χ0) is 14.9. The van der Waals surface area contributed by atoms with Gasteiger partial charge in [0, 0.05) is 7.05 Å². The summed E-state index contributed by atoms with van der Waals surface area (Å²) in [6.45, 7) is 0. The lowest BCUT2D eigenvalue weighted by atomic mass is 10.0. The Balaban J connectivity index is 1.65. The van der Waals surface area contributed by atoms with Crippen LogP contribution in [0.15, 0.2) is 72.8 Å². The van der Waals surface area contributed by atoms with Crippen molar-refractivity contribution in [1.29, 1.82) is 0 Å². The normalized spacial score (nSPS) is 17.0. The quantitative estimate of drug-likeness (QED) is 0.677. The average molecular weight is 287 g/mol. The number of likely N-dealkylation sites (N-methyl/N-ethyl adjacent to an activating group) is 1. The van der Waals surface area contributed by atoms with E-state index in [-0.39, 0.29) is 6.23 Å². The average Bonchev–Trinajstić information content (AvgIpc) is 2.89. The molecule has 2 heteroatoms. The highest BCUT2D eigenvalue weighted by Crippen LogP contribution is 2.36. The van der Waals surface area contributed by atoms with Crippen LogP contribution < -0.4 is 9.64 Å². The Morgan fingerprint density at radius 1 is 0.909 bits per heavy atom. The van der Waals surface area contributed by atoms with E-state index in [1.54, 1.807) is 0 Å². The molecule has 0 fully saturated rings. The van der Waals surface area contributed by atoms with Gasteiger partial charge in [0.1, 0.15) is 5.75 Å². The summed E-state index contributed by atoms with van der Waals surface area (Å²) in [5, 5.41) is 2.52. The molecule has 1 aliphatic heterocycles. The van der Waals surface area contributed by atoms with Crippen LogP contribution in [-0.2, 0) is 0 Å². The summed E-state index contributed by atoms with van der Waals surface area (Å²) in [5.41, 5.74) is 2.35. The Labute approximate surface area is 130 Å².